The number of piperazine rings is 1. The van der Waals surface area contributed by atoms with Crippen molar-refractivity contribution in [1.82, 2.24) is 14.9 Å². The molecule has 4 N–H and O–H groups in total. The molecule has 0 saturated carbocycles. The summed E-state index contributed by atoms with van der Waals surface area (Å²) in [6.07, 6.45) is 3.19. The fraction of sp³-hybridized carbons (Fsp3) is 0.370. The summed E-state index contributed by atoms with van der Waals surface area (Å²) in [5.74, 6) is 0.0519. The third-order valence-electron chi connectivity index (χ3n) is 6.94. The second-order valence-corrected chi connectivity index (χ2v) is 9.75. The van der Waals surface area contributed by atoms with Crippen LogP contribution in [0, 0.1) is 13.8 Å². The lowest BCUT2D eigenvalue weighted by molar-refractivity contribution is 0.102. The Hall–Kier alpha value is -4.05. The molecule has 194 valence electrons. The van der Waals surface area contributed by atoms with Gasteiger partial charge in [0.15, 0.2) is 0 Å². The first-order valence-corrected chi connectivity index (χ1v) is 12.5. The number of aryl methyl sites for hydroxylation is 1. The van der Waals surface area contributed by atoms with Gasteiger partial charge in [-0.2, -0.15) is 0 Å². The van der Waals surface area contributed by atoms with E-state index in [1.54, 1.807) is 12.3 Å². The molecule has 2 aliphatic heterocycles. The van der Waals surface area contributed by atoms with Gasteiger partial charge in [0, 0.05) is 49.3 Å². The molecule has 0 aliphatic carbocycles. The van der Waals surface area contributed by atoms with Gasteiger partial charge in [0.05, 0.1) is 24.1 Å². The van der Waals surface area contributed by atoms with Crippen molar-refractivity contribution in [3.8, 4) is 5.88 Å². The maximum atomic E-state index is 13.3. The minimum atomic E-state index is -0.491. The molecule has 1 atom stereocenters. The van der Waals surface area contributed by atoms with Crippen LogP contribution in [0.4, 0.5) is 28.4 Å². The Bertz CT molecular complexity index is 1380. The highest BCUT2D eigenvalue weighted by Gasteiger charge is 2.23. The number of H-pyrrole nitrogens is 1. The zero-order valence-corrected chi connectivity index (χ0v) is 21.6. The molecule has 4 heterocycles. The molecule has 1 amide bonds. The van der Waals surface area contributed by atoms with Crippen molar-refractivity contribution in [2.24, 2.45) is 0 Å². The highest BCUT2D eigenvalue weighted by atomic mass is 16.5. The van der Waals surface area contributed by atoms with Gasteiger partial charge in [0.1, 0.15) is 17.4 Å². The third-order valence-corrected chi connectivity index (χ3v) is 6.94. The molecule has 0 bridgehead atoms. The molecule has 2 aromatic heterocycles. The van der Waals surface area contributed by atoms with E-state index in [4.69, 9.17) is 4.74 Å². The maximum absolute atomic E-state index is 13.3. The molecule has 1 fully saturated rings. The van der Waals surface area contributed by atoms with Crippen LogP contribution in [0.2, 0.25) is 0 Å². The van der Waals surface area contributed by atoms with Crippen molar-refractivity contribution in [2.75, 3.05) is 60.6 Å². The van der Waals surface area contributed by atoms with Crippen molar-refractivity contribution in [2.45, 2.75) is 26.9 Å². The van der Waals surface area contributed by atoms with Crippen LogP contribution in [0.15, 0.2) is 41.5 Å². The van der Waals surface area contributed by atoms with Gasteiger partial charge in [0.2, 0.25) is 5.88 Å². The number of benzene rings is 1. The van der Waals surface area contributed by atoms with Crippen LogP contribution in [0.5, 0.6) is 5.88 Å². The topological polar surface area (TPSA) is 115 Å². The zero-order valence-electron chi connectivity index (χ0n) is 21.6. The summed E-state index contributed by atoms with van der Waals surface area (Å²) in [6.45, 7) is 10.6. The number of anilines is 5. The molecule has 2 aliphatic rings. The van der Waals surface area contributed by atoms with Crippen LogP contribution in [-0.4, -0.2) is 66.7 Å². The lowest BCUT2D eigenvalue weighted by Gasteiger charge is -2.35. The molecule has 1 unspecified atom stereocenters. The molecule has 1 saturated heterocycles. The Kier molecular flexibility index (Phi) is 6.75. The van der Waals surface area contributed by atoms with E-state index in [0.717, 1.165) is 48.7 Å². The van der Waals surface area contributed by atoms with E-state index in [0.29, 0.717) is 29.5 Å². The molecule has 3 aromatic rings. The Morgan fingerprint density at radius 3 is 2.68 bits per heavy atom. The maximum Gasteiger partial charge on any atom is 0.263 e. The van der Waals surface area contributed by atoms with Crippen LogP contribution < -0.4 is 31.1 Å². The van der Waals surface area contributed by atoms with Crippen molar-refractivity contribution < 1.29 is 9.53 Å². The SMILES string of the molecule is Cc1cc(NC(=O)c2c(Nc3cnc4c(c3C)NCC(C)O4)cc[nH]c2=O)ccc1N1CCN(C)CC1. The smallest absolute Gasteiger partial charge is 0.263 e. The largest absolute Gasteiger partial charge is 0.471 e. The number of fused-ring (bicyclic) bond motifs is 1. The zero-order chi connectivity index (χ0) is 26.1. The van der Waals surface area contributed by atoms with Gasteiger partial charge in [-0.1, -0.05) is 0 Å². The van der Waals surface area contributed by atoms with E-state index in [1.807, 2.05) is 39.0 Å². The Morgan fingerprint density at radius 2 is 1.92 bits per heavy atom. The van der Waals surface area contributed by atoms with Crippen molar-refractivity contribution in [1.29, 1.82) is 0 Å². The number of amides is 1. The normalized spacial score (nSPS) is 17.4. The molecular weight excluding hydrogens is 470 g/mol. The third kappa shape index (κ3) is 5.10. The van der Waals surface area contributed by atoms with Crippen LogP contribution in [0.3, 0.4) is 0 Å². The first-order chi connectivity index (χ1) is 17.8. The van der Waals surface area contributed by atoms with Gasteiger partial charge in [-0.05, 0) is 57.6 Å². The van der Waals surface area contributed by atoms with Crippen LogP contribution in [0.25, 0.3) is 0 Å². The number of carbonyl (C=O) groups excluding carboxylic acids is 1. The fourth-order valence-electron chi connectivity index (χ4n) is 4.76. The van der Waals surface area contributed by atoms with Gasteiger partial charge in [-0.3, -0.25) is 9.59 Å². The fourth-order valence-corrected chi connectivity index (χ4v) is 4.76. The number of aromatic amines is 1. The predicted octanol–water partition coefficient (Wildman–Crippen LogP) is 3.33. The van der Waals surface area contributed by atoms with Gasteiger partial charge >= 0.3 is 0 Å². The van der Waals surface area contributed by atoms with E-state index in [1.165, 1.54) is 6.20 Å². The summed E-state index contributed by atoms with van der Waals surface area (Å²) in [6, 6.07) is 7.53. The number of hydrogen-bond donors (Lipinski definition) is 4. The number of nitrogens with one attached hydrogen (secondary N) is 4. The van der Waals surface area contributed by atoms with Gasteiger partial charge in [-0.25, -0.2) is 4.98 Å². The Balaban J connectivity index is 1.37. The second-order valence-electron chi connectivity index (χ2n) is 9.75. The van der Waals surface area contributed by atoms with Crippen molar-refractivity contribution in [3.05, 3.63) is 63.7 Å². The summed E-state index contributed by atoms with van der Waals surface area (Å²) in [4.78, 5) is 37.8. The molecule has 0 spiro atoms. The molecule has 10 heteroatoms. The first kappa shape index (κ1) is 24.6. The number of nitrogens with zero attached hydrogens (tertiary/aromatic N) is 3. The van der Waals surface area contributed by atoms with E-state index in [2.05, 4.69) is 42.8 Å². The summed E-state index contributed by atoms with van der Waals surface area (Å²) in [5.41, 5.74) is 5.14. The van der Waals surface area contributed by atoms with Crippen molar-refractivity contribution >= 4 is 34.3 Å². The second kappa shape index (κ2) is 10.1. The summed E-state index contributed by atoms with van der Waals surface area (Å²) >= 11 is 0. The molecule has 10 nitrogen and oxygen atoms in total. The Morgan fingerprint density at radius 1 is 1.14 bits per heavy atom. The van der Waals surface area contributed by atoms with Crippen molar-refractivity contribution in [3.63, 3.8) is 0 Å². The molecular formula is C27H33N7O3. The number of ether oxygens (including phenoxy) is 1. The number of carbonyl (C=O) groups is 1. The molecule has 5 rings (SSSR count). The number of hydrogen-bond acceptors (Lipinski definition) is 8. The highest BCUT2D eigenvalue weighted by molar-refractivity contribution is 6.08. The predicted molar refractivity (Wildman–Crippen MR) is 147 cm³/mol. The number of pyridine rings is 2. The van der Waals surface area contributed by atoms with Gasteiger partial charge < -0.3 is 35.5 Å². The molecule has 1 aromatic carbocycles. The number of likely N-dealkylation sites (N-methyl/N-ethyl adjacent to an activating group) is 1. The van der Waals surface area contributed by atoms with E-state index in [-0.39, 0.29) is 11.7 Å². The lowest BCUT2D eigenvalue weighted by atomic mass is 10.1. The minimum absolute atomic E-state index is 0.00162. The minimum Gasteiger partial charge on any atom is -0.471 e. The monoisotopic (exact) mass is 503 g/mol. The first-order valence-electron chi connectivity index (χ1n) is 12.5. The average Bonchev–Trinajstić information content (AvgIpc) is 2.86. The standard InChI is InChI=1S/C27H33N7O3/c1-16-13-19(5-6-22(16)34-11-9-33(4)10-12-34)31-26(36)23-20(7-8-28-25(23)35)32-21-15-30-27-24(18(21)3)29-14-17(2)37-27/h5-8,13,15,17,29H,9-12,14H2,1-4H3,(H,31,36)(H2,28,32,35). The Labute approximate surface area is 216 Å². The lowest BCUT2D eigenvalue weighted by Crippen LogP contribution is -2.44. The van der Waals surface area contributed by atoms with Gasteiger partial charge in [0.25, 0.3) is 11.5 Å². The van der Waals surface area contributed by atoms with Gasteiger partial charge in [-0.15, -0.1) is 0 Å². The van der Waals surface area contributed by atoms with Crippen LogP contribution in [0.1, 0.15) is 28.4 Å². The highest BCUT2D eigenvalue weighted by Crippen LogP contribution is 2.35. The van der Waals surface area contributed by atoms with E-state index < -0.39 is 11.5 Å². The van der Waals surface area contributed by atoms with Crippen LogP contribution >= 0.6 is 0 Å². The van der Waals surface area contributed by atoms with E-state index >= 15 is 0 Å². The quantitative estimate of drug-likeness (QED) is 0.419. The van der Waals surface area contributed by atoms with Crippen LogP contribution in [-0.2, 0) is 0 Å². The molecule has 0 radical (unpaired) electrons. The summed E-state index contributed by atoms with van der Waals surface area (Å²) in [7, 11) is 2.13. The molecule has 37 heavy (non-hydrogen) atoms. The number of rotatable bonds is 5. The van der Waals surface area contributed by atoms with E-state index in [9.17, 15) is 9.59 Å². The number of aromatic nitrogens is 2. The summed E-state index contributed by atoms with van der Waals surface area (Å²) in [5, 5.41) is 9.47. The summed E-state index contributed by atoms with van der Waals surface area (Å²) < 4.78 is 5.80. The average molecular weight is 504 g/mol.